The van der Waals surface area contributed by atoms with Gasteiger partial charge in [0.1, 0.15) is 18.0 Å². The van der Waals surface area contributed by atoms with E-state index in [1.807, 2.05) is 0 Å². The van der Waals surface area contributed by atoms with Gasteiger partial charge >= 0.3 is 5.97 Å². The molecular weight excluding hydrogens is 340 g/mol. The van der Waals surface area contributed by atoms with E-state index in [0.717, 1.165) is 32.1 Å². The van der Waals surface area contributed by atoms with Gasteiger partial charge in [-0.15, -0.1) is 0 Å². The lowest BCUT2D eigenvalue weighted by molar-refractivity contribution is -0.146. The molecule has 0 bridgehead atoms. The lowest BCUT2D eigenvalue weighted by Crippen LogP contribution is -2.23. The summed E-state index contributed by atoms with van der Waals surface area (Å²) in [7, 11) is 0. The highest BCUT2D eigenvalue weighted by Gasteiger charge is 2.24. The Kier molecular flexibility index (Phi) is 18.3. The molecule has 0 aromatic carbocycles. The molecule has 0 fully saturated rings. The van der Waals surface area contributed by atoms with Crippen LogP contribution in [0.5, 0.6) is 0 Å². The minimum Gasteiger partial charge on any atom is -0.481 e. The van der Waals surface area contributed by atoms with Gasteiger partial charge in [-0.3, -0.25) is 9.59 Å². The second-order valence-electron chi connectivity index (χ2n) is 7.44. The molecule has 0 aliphatic heterocycles. The maximum atomic E-state index is 11.9. The van der Waals surface area contributed by atoms with E-state index in [1.165, 1.54) is 51.4 Å². The first-order valence-electron chi connectivity index (χ1n) is 11.0. The van der Waals surface area contributed by atoms with Gasteiger partial charge in [0.05, 0.1) is 0 Å². The first-order chi connectivity index (χ1) is 13.1. The van der Waals surface area contributed by atoms with Gasteiger partial charge in [-0.1, -0.05) is 70.4 Å². The van der Waals surface area contributed by atoms with Crippen LogP contribution in [0.1, 0.15) is 110 Å². The van der Waals surface area contributed by atoms with Crippen molar-refractivity contribution in [2.45, 2.75) is 110 Å². The summed E-state index contributed by atoms with van der Waals surface area (Å²) in [5.41, 5.74) is 0. The van der Waals surface area contributed by atoms with Gasteiger partial charge in [0.15, 0.2) is 0 Å². The summed E-state index contributed by atoms with van der Waals surface area (Å²) in [6, 6.07) is 0. The van der Waals surface area contributed by atoms with Crippen LogP contribution in [0, 0.1) is 5.92 Å². The number of allylic oxidation sites excluding steroid dienone is 2. The molecule has 27 heavy (non-hydrogen) atoms. The van der Waals surface area contributed by atoms with Crippen LogP contribution < -0.4 is 0 Å². The summed E-state index contributed by atoms with van der Waals surface area (Å²) in [5.74, 6) is -2.34. The number of hydrogen-bond acceptors (Lipinski definition) is 3. The number of carboxylic acids is 1. The number of aldehydes is 1. The molecule has 0 saturated carbocycles. The second kappa shape index (κ2) is 19.3. The molecule has 0 amide bonds. The van der Waals surface area contributed by atoms with Crippen LogP contribution in [0.25, 0.3) is 0 Å². The van der Waals surface area contributed by atoms with Gasteiger partial charge in [-0.05, 0) is 38.5 Å². The number of carbonyl (C=O) groups is 3. The molecular formula is C23H40O4. The van der Waals surface area contributed by atoms with Crippen LogP contribution in [0.3, 0.4) is 0 Å². The van der Waals surface area contributed by atoms with Crippen LogP contribution in [-0.4, -0.2) is 23.1 Å². The fourth-order valence-corrected chi connectivity index (χ4v) is 3.20. The molecule has 0 radical (unpaired) electrons. The third kappa shape index (κ3) is 16.4. The number of unbranched alkanes of at least 4 members (excludes halogenated alkanes) is 11. The van der Waals surface area contributed by atoms with Gasteiger partial charge in [0.2, 0.25) is 0 Å². The van der Waals surface area contributed by atoms with Gasteiger partial charge in [0.25, 0.3) is 0 Å². The molecule has 4 heteroatoms. The van der Waals surface area contributed by atoms with E-state index < -0.39 is 11.9 Å². The van der Waals surface area contributed by atoms with Gasteiger partial charge < -0.3 is 9.90 Å². The van der Waals surface area contributed by atoms with E-state index in [2.05, 4.69) is 19.1 Å². The van der Waals surface area contributed by atoms with E-state index in [9.17, 15) is 14.4 Å². The number of carbonyl (C=O) groups excluding carboxylic acids is 2. The van der Waals surface area contributed by atoms with Crippen LogP contribution in [0.4, 0.5) is 0 Å². The number of hydrogen-bond donors (Lipinski definition) is 1. The van der Waals surface area contributed by atoms with E-state index >= 15 is 0 Å². The summed E-state index contributed by atoms with van der Waals surface area (Å²) in [4.78, 5) is 33.3. The average Bonchev–Trinajstić information content (AvgIpc) is 2.65. The molecule has 0 aliphatic carbocycles. The van der Waals surface area contributed by atoms with Crippen molar-refractivity contribution in [2.75, 3.05) is 0 Å². The predicted molar refractivity (Wildman–Crippen MR) is 111 cm³/mol. The number of Topliss-reactive ketones (excluding diaryl/α,β-unsaturated/α-hetero) is 1. The SMILES string of the molecule is CCCCCCCCC=CCCCCCCCC(=O)C(CCC=O)C(=O)O. The van der Waals surface area contributed by atoms with Crippen LogP contribution in [0.2, 0.25) is 0 Å². The fourth-order valence-electron chi connectivity index (χ4n) is 3.20. The zero-order valence-corrected chi connectivity index (χ0v) is 17.3. The van der Waals surface area contributed by atoms with Crippen molar-refractivity contribution in [3.63, 3.8) is 0 Å². The summed E-state index contributed by atoms with van der Waals surface area (Å²) < 4.78 is 0. The van der Waals surface area contributed by atoms with Crippen molar-refractivity contribution < 1.29 is 19.5 Å². The Morgan fingerprint density at radius 2 is 1.30 bits per heavy atom. The van der Waals surface area contributed by atoms with E-state index in [0.29, 0.717) is 12.7 Å². The highest BCUT2D eigenvalue weighted by Crippen LogP contribution is 2.14. The third-order valence-electron chi connectivity index (χ3n) is 4.94. The topological polar surface area (TPSA) is 71.4 Å². The summed E-state index contributed by atoms with van der Waals surface area (Å²) in [5, 5.41) is 9.05. The Bertz CT molecular complexity index is 415. The normalized spacial score (nSPS) is 12.3. The number of aliphatic carboxylic acids is 1. The summed E-state index contributed by atoms with van der Waals surface area (Å²) >= 11 is 0. The highest BCUT2D eigenvalue weighted by molar-refractivity contribution is 5.98. The molecule has 1 atom stereocenters. The molecule has 4 nitrogen and oxygen atoms in total. The van der Waals surface area contributed by atoms with E-state index in [4.69, 9.17) is 5.11 Å². The number of rotatable bonds is 20. The van der Waals surface area contributed by atoms with Crippen molar-refractivity contribution in [3.8, 4) is 0 Å². The minimum absolute atomic E-state index is 0.128. The Labute approximate surface area is 165 Å². The van der Waals surface area contributed by atoms with Crippen LogP contribution in [0.15, 0.2) is 12.2 Å². The van der Waals surface area contributed by atoms with E-state index in [1.54, 1.807) is 0 Å². The maximum Gasteiger partial charge on any atom is 0.314 e. The summed E-state index contributed by atoms with van der Waals surface area (Å²) in [6.07, 6.45) is 21.4. The van der Waals surface area contributed by atoms with Crippen molar-refractivity contribution in [3.05, 3.63) is 12.2 Å². The third-order valence-corrected chi connectivity index (χ3v) is 4.94. The number of ketones is 1. The molecule has 0 heterocycles. The molecule has 1 unspecified atom stereocenters. The van der Waals surface area contributed by atoms with Crippen molar-refractivity contribution in [2.24, 2.45) is 5.92 Å². The average molecular weight is 381 g/mol. The zero-order chi connectivity index (χ0) is 20.2. The largest absolute Gasteiger partial charge is 0.481 e. The van der Waals surface area contributed by atoms with Gasteiger partial charge in [-0.25, -0.2) is 0 Å². The van der Waals surface area contributed by atoms with E-state index in [-0.39, 0.29) is 18.6 Å². The van der Waals surface area contributed by atoms with Gasteiger partial charge in [0, 0.05) is 12.8 Å². The monoisotopic (exact) mass is 380 g/mol. The number of carboxylic acid groups (broad SMARTS) is 1. The Hall–Kier alpha value is -1.45. The zero-order valence-electron chi connectivity index (χ0n) is 17.3. The Balaban J connectivity index is 3.50. The van der Waals surface area contributed by atoms with Crippen molar-refractivity contribution in [1.29, 1.82) is 0 Å². The molecule has 156 valence electrons. The minimum atomic E-state index is -1.10. The molecule has 0 aliphatic rings. The first kappa shape index (κ1) is 25.6. The lowest BCUT2D eigenvalue weighted by atomic mass is 9.94. The molecule has 0 rings (SSSR count). The highest BCUT2D eigenvalue weighted by atomic mass is 16.4. The molecule has 1 N–H and O–H groups in total. The van der Waals surface area contributed by atoms with Crippen LogP contribution in [-0.2, 0) is 14.4 Å². The maximum absolute atomic E-state index is 11.9. The van der Waals surface area contributed by atoms with Crippen molar-refractivity contribution >= 4 is 18.0 Å². The van der Waals surface area contributed by atoms with Crippen molar-refractivity contribution in [1.82, 2.24) is 0 Å². The lowest BCUT2D eigenvalue weighted by Gasteiger charge is -2.09. The van der Waals surface area contributed by atoms with Crippen LogP contribution >= 0.6 is 0 Å². The molecule has 0 aromatic rings. The standard InChI is InChI=1S/C23H40O4/c1-2-3-4-5-6-7-8-9-10-11-12-13-14-15-16-19-22(25)21(23(26)27)18-17-20-24/h9-10,20-21H,2-8,11-19H2,1H3,(H,26,27). The molecule has 0 spiro atoms. The second-order valence-corrected chi connectivity index (χ2v) is 7.44. The Morgan fingerprint density at radius 3 is 1.81 bits per heavy atom. The molecule has 0 saturated heterocycles. The molecule has 0 aromatic heterocycles. The van der Waals surface area contributed by atoms with Gasteiger partial charge in [-0.2, -0.15) is 0 Å². The smallest absolute Gasteiger partial charge is 0.314 e. The predicted octanol–water partition coefficient (Wildman–Crippen LogP) is 6.27. The quantitative estimate of drug-likeness (QED) is 0.117. The Morgan fingerprint density at radius 1 is 0.778 bits per heavy atom. The first-order valence-corrected chi connectivity index (χ1v) is 11.0. The summed E-state index contributed by atoms with van der Waals surface area (Å²) in [6.45, 7) is 2.25. The fraction of sp³-hybridized carbons (Fsp3) is 0.783.